The molecule has 0 aliphatic rings. The number of rotatable bonds is 4. The Morgan fingerprint density at radius 3 is 2.38 bits per heavy atom. The Morgan fingerprint density at radius 1 is 1.12 bits per heavy atom. The topological polar surface area (TPSA) is 102 Å². The molecule has 120 valence electrons. The van der Waals surface area contributed by atoms with E-state index in [1.807, 2.05) is 30.3 Å². The SMILES string of the molecule is NC(=O)N(c1ccc([N+](=O)[O-])cc1)c1ncc(-c2ccccc2)s1. The van der Waals surface area contributed by atoms with E-state index in [4.69, 9.17) is 5.73 Å². The number of carbonyl (C=O) groups is 1. The molecule has 0 aliphatic carbocycles. The number of hydrogen-bond donors (Lipinski definition) is 1. The summed E-state index contributed by atoms with van der Waals surface area (Å²) in [5.41, 5.74) is 6.80. The molecule has 0 atom stereocenters. The standard InChI is InChI=1S/C16H12N4O3S/c17-15(21)19(12-6-8-13(9-7-12)20(22)23)16-18-10-14(24-16)11-4-2-1-3-5-11/h1-10H,(H2,17,21). The highest BCUT2D eigenvalue weighted by Crippen LogP contribution is 2.34. The fourth-order valence-electron chi connectivity index (χ4n) is 2.16. The van der Waals surface area contributed by atoms with Crippen molar-refractivity contribution in [2.24, 2.45) is 5.73 Å². The zero-order valence-electron chi connectivity index (χ0n) is 12.3. The van der Waals surface area contributed by atoms with E-state index in [1.54, 1.807) is 6.20 Å². The molecule has 0 spiro atoms. The molecule has 2 amide bonds. The number of hydrogen-bond acceptors (Lipinski definition) is 5. The van der Waals surface area contributed by atoms with Crippen molar-refractivity contribution in [2.75, 3.05) is 4.90 Å². The Labute approximate surface area is 141 Å². The normalized spacial score (nSPS) is 10.3. The highest BCUT2D eigenvalue weighted by Gasteiger charge is 2.20. The summed E-state index contributed by atoms with van der Waals surface area (Å²) >= 11 is 1.31. The first kappa shape index (κ1) is 15.6. The number of nitro benzene ring substituents is 1. The fourth-order valence-corrected chi connectivity index (χ4v) is 3.11. The van der Waals surface area contributed by atoms with Crippen LogP contribution >= 0.6 is 11.3 Å². The maximum absolute atomic E-state index is 11.8. The minimum absolute atomic E-state index is 0.0627. The highest BCUT2D eigenvalue weighted by atomic mass is 32.1. The number of thiazole rings is 1. The minimum Gasteiger partial charge on any atom is -0.351 e. The summed E-state index contributed by atoms with van der Waals surface area (Å²) in [5.74, 6) is 0. The van der Waals surface area contributed by atoms with Crippen LogP contribution in [0.2, 0.25) is 0 Å². The fraction of sp³-hybridized carbons (Fsp3) is 0. The molecule has 2 aromatic carbocycles. The largest absolute Gasteiger partial charge is 0.351 e. The predicted molar refractivity (Wildman–Crippen MR) is 92.4 cm³/mol. The van der Waals surface area contributed by atoms with Crippen LogP contribution in [0.1, 0.15) is 0 Å². The van der Waals surface area contributed by atoms with Crippen LogP contribution in [0.4, 0.5) is 21.3 Å². The smallest absolute Gasteiger partial charge is 0.325 e. The number of amides is 2. The molecule has 0 unspecified atom stereocenters. The molecule has 7 nitrogen and oxygen atoms in total. The molecule has 1 heterocycles. The number of nitrogens with zero attached hydrogens (tertiary/aromatic N) is 3. The van der Waals surface area contributed by atoms with Gasteiger partial charge in [0.2, 0.25) is 0 Å². The number of primary amides is 1. The molecule has 0 radical (unpaired) electrons. The van der Waals surface area contributed by atoms with Crippen molar-refractivity contribution in [3.05, 3.63) is 70.9 Å². The number of aromatic nitrogens is 1. The first-order valence-corrected chi connectivity index (χ1v) is 7.73. The third-order valence-corrected chi connectivity index (χ3v) is 4.31. The first-order chi connectivity index (χ1) is 11.6. The van der Waals surface area contributed by atoms with Crippen LogP contribution in [0.25, 0.3) is 10.4 Å². The minimum atomic E-state index is -0.710. The number of non-ortho nitro benzene ring substituents is 1. The van der Waals surface area contributed by atoms with E-state index in [1.165, 1.54) is 40.5 Å². The van der Waals surface area contributed by atoms with Gasteiger partial charge in [-0.25, -0.2) is 14.7 Å². The van der Waals surface area contributed by atoms with Gasteiger partial charge in [-0.15, -0.1) is 0 Å². The van der Waals surface area contributed by atoms with Crippen molar-refractivity contribution >= 4 is 33.9 Å². The lowest BCUT2D eigenvalue weighted by Crippen LogP contribution is -2.31. The molecule has 0 aliphatic heterocycles. The van der Waals surface area contributed by atoms with Gasteiger partial charge in [0, 0.05) is 18.3 Å². The lowest BCUT2D eigenvalue weighted by atomic mass is 10.2. The second kappa shape index (κ2) is 6.47. The van der Waals surface area contributed by atoms with Crippen LogP contribution in [0.15, 0.2) is 60.8 Å². The number of urea groups is 1. The lowest BCUT2D eigenvalue weighted by molar-refractivity contribution is -0.384. The summed E-state index contributed by atoms with van der Waals surface area (Å²) in [6, 6.07) is 14.5. The Morgan fingerprint density at radius 2 is 1.79 bits per heavy atom. The van der Waals surface area contributed by atoms with Gasteiger partial charge in [-0.05, 0) is 17.7 Å². The molecule has 2 N–H and O–H groups in total. The Balaban J connectivity index is 1.96. The number of nitrogens with two attached hydrogens (primary N) is 1. The summed E-state index contributed by atoms with van der Waals surface area (Å²) in [6.45, 7) is 0. The molecule has 24 heavy (non-hydrogen) atoms. The van der Waals surface area contributed by atoms with Crippen molar-refractivity contribution in [1.29, 1.82) is 0 Å². The third-order valence-electron chi connectivity index (χ3n) is 3.28. The molecule has 3 aromatic rings. The number of anilines is 2. The van der Waals surface area contributed by atoms with E-state index in [0.717, 1.165) is 10.4 Å². The molecule has 0 fully saturated rings. The first-order valence-electron chi connectivity index (χ1n) is 6.91. The summed E-state index contributed by atoms with van der Waals surface area (Å²) in [6.07, 6.45) is 1.66. The Hall–Kier alpha value is -3.26. The zero-order chi connectivity index (χ0) is 17.1. The zero-order valence-corrected chi connectivity index (χ0v) is 13.1. The highest BCUT2D eigenvalue weighted by molar-refractivity contribution is 7.19. The maximum atomic E-state index is 11.8. The molecular weight excluding hydrogens is 328 g/mol. The molecule has 0 saturated heterocycles. The third kappa shape index (κ3) is 3.08. The van der Waals surface area contributed by atoms with E-state index in [2.05, 4.69) is 4.98 Å². The molecule has 3 rings (SSSR count). The van der Waals surface area contributed by atoms with Gasteiger partial charge in [-0.2, -0.15) is 0 Å². The second-order valence-corrected chi connectivity index (χ2v) is 5.83. The van der Waals surface area contributed by atoms with E-state index >= 15 is 0 Å². The Kier molecular flexibility index (Phi) is 4.21. The van der Waals surface area contributed by atoms with Crippen LogP contribution in [0, 0.1) is 10.1 Å². The molecule has 0 bridgehead atoms. The van der Waals surface area contributed by atoms with Gasteiger partial charge >= 0.3 is 6.03 Å². The predicted octanol–water partition coefficient (Wildman–Crippen LogP) is 3.94. The summed E-state index contributed by atoms with van der Waals surface area (Å²) in [4.78, 5) is 28.4. The lowest BCUT2D eigenvalue weighted by Gasteiger charge is -2.16. The summed E-state index contributed by atoms with van der Waals surface area (Å²) in [7, 11) is 0. The van der Waals surface area contributed by atoms with E-state index in [0.29, 0.717) is 10.8 Å². The summed E-state index contributed by atoms with van der Waals surface area (Å²) < 4.78 is 0. The van der Waals surface area contributed by atoms with Crippen molar-refractivity contribution < 1.29 is 9.72 Å². The van der Waals surface area contributed by atoms with Gasteiger partial charge in [0.1, 0.15) is 0 Å². The number of carbonyl (C=O) groups excluding carboxylic acids is 1. The second-order valence-electron chi connectivity index (χ2n) is 4.82. The quantitative estimate of drug-likeness (QED) is 0.574. The van der Waals surface area contributed by atoms with Crippen molar-refractivity contribution in [1.82, 2.24) is 4.98 Å². The van der Waals surface area contributed by atoms with Crippen LogP contribution < -0.4 is 10.6 Å². The molecule has 8 heteroatoms. The Bertz CT molecular complexity index is 878. The summed E-state index contributed by atoms with van der Waals surface area (Å²) in [5, 5.41) is 11.1. The van der Waals surface area contributed by atoms with Crippen molar-refractivity contribution in [3.8, 4) is 10.4 Å². The van der Waals surface area contributed by atoms with Crippen LogP contribution in [-0.4, -0.2) is 15.9 Å². The monoisotopic (exact) mass is 340 g/mol. The van der Waals surface area contributed by atoms with Gasteiger partial charge in [-0.3, -0.25) is 10.1 Å². The molecule has 0 saturated carbocycles. The van der Waals surface area contributed by atoms with Gasteiger partial charge in [0.15, 0.2) is 5.13 Å². The van der Waals surface area contributed by atoms with Gasteiger partial charge in [0.05, 0.1) is 15.5 Å². The average molecular weight is 340 g/mol. The van der Waals surface area contributed by atoms with E-state index in [9.17, 15) is 14.9 Å². The average Bonchev–Trinajstić information content (AvgIpc) is 3.05. The van der Waals surface area contributed by atoms with Gasteiger partial charge in [0.25, 0.3) is 5.69 Å². The van der Waals surface area contributed by atoms with Crippen LogP contribution in [0.3, 0.4) is 0 Å². The van der Waals surface area contributed by atoms with Crippen molar-refractivity contribution in [3.63, 3.8) is 0 Å². The van der Waals surface area contributed by atoms with Crippen LogP contribution in [-0.2, 0) is 0 Å². The van der Waals surface area contributed by atoms with Crippen LogP contribution in [0.5, 0.6) is 0 Å². The maximum Gasteiger partial charge on any atom is 0.325 e. The van der Waals surface area contributed by atoms with E-state index < -0.39 is 11.0 Å². The van der Waals surface area contributed by atoms with E-state index in [-0.39, 0.29) is 5.69 Å². The van der Waals surface area contributed by atoms with Gasteiger partial charge < -0.3 is 5.73 Å². The molecular formula is C16H12N4O3S. The molecule has 1 aromatic heterocycles. The number of nitro groups is 1. The van der Waals surface area contributed by atoms with Gasteiger partial charge in [-0.1, -0.05) is 41.7 Å². The van der Waals surface area contributed by atoms with Crippen molar-refractivity contribution in [2.45, 2.75) is 0 Å². The number of benzene rings is 2.